The molecule has 1 aromatic carbocycles. The summed E-state index contributed by atoms with van der Waals surface area (Å²) in [6.45, 7) is 6.58. The van der Waals surface area contributed by atoms with Crippen molar-refractivity contribution < 1.29 is 0 Å². The van der Waals surface area contributed by atoms with E-state index in [4.69, 9.17) is 0 Å². The molecule has 2 aliphatic rings. The van der Waals surface area contributed by atoms with Crippen molar-refractivity contribution >= 4 is 16.6 Å². The molecule has 0 bridgehead atoms. The predicted octanol–water partition coefficient (Wildman–Crippen LogP) is 5.48. The van der Waals surface area contributed by atoms with E-state index in [2.05, 4.69) is 48.2 Å². The Balaban J connectivity index is 1.52. The second kappa shape index (κ2) is 5.49. The molecule has 22 heavy (non-hydrogen) atoms. The number of fused-ring (bicyclic) bond motifs is 1. The SMILES string of the molecule is C=C(Nc1c[nH]c2ccc(CC3CCC3)cc12)C1CC(C)C1. The molecule has 0 amide bonds. The van der Waals surface area contributed by atoms with Gasteiger partial charge in [0, 0.05) is 22.8 Å². The molecule has 2 fully saturated rings. The Kier molecular flexibility index (Phi) is 3.48. The summed E-state index contributed by atoms with van der Waals surface area (Å²) in [6.07, 6.45) is 10.1. The maximum Gasteiger partial charge on any atom is 0.0639 e. The van der Waals surface area contributed by atoms with Gasteiger partial charge in [-0.2, -0.15) is 0 Å². The van der Waals surface area contributed by atoms with Crippen LogP contribution in [0.5, 0.6) is 0 Å². The largest absolute Gasteiger partial charge is 0.359 e. The van der Waals surface area contributed by atoms with E-state index >= 15 is 0 Å². The van der Waals surface area contributed by atoms with Crippen LogP contribution in [-0.4, -0.2) is 4.98 Å². The van der Waals surface area contributed by atoms with Gasteiger partial charge in [0.15, 0.2) is 0 Å². The van der Waals surface area contributed by atoms with Crippen molar-refractivity contribution in [2.75, 3.05) is 5.32 Å². The van der Waals surface area contributed by atoms with Crippen molar-refractivity contribution in [3.63, 3.8) is 0 Å². The lowest BCUT2D eigenvalue weighted by Gasteiger charge is -2.34. The van der Waals surface area contributed by atoms with Crippen LogP contribution in [0.2, 0.25) is 0 Å². The third-order valence-corrected chi connectivity index (χ3v) is 5.66. The highest BCUT2D eigenvalue weighted by Gasteiger charge is 2.27. The van der Waals surface area contributed by atoms with E-state index in [1.54, 1.807) is 0 Å². The van der Waals surface area contributed by atoms with Crippen molar-refractivity contribution in [1.82, 2.24) is 4.98 Å². The number of rotatable bonds is 5. The zero-order valence-electron chi connectivity index (χ0n) is 13.5. The minimum atomic E-state index is 0.651. The molecule has 0 spiro atoms. The number of anilines is 1. The van der Waals surface area contributed by atoms with Crippen LogP contribution in [0.1, 0.15) is 44.6 Å². The Morgan fingerprint density at radius 3 is 2.82 bits per heavy atom. The molecular formula is C20H26N2. The molecule has 1 aromatic heterocycles. The highest BCUT2D eigenvalue weighted by atomic mass is 14.9. The topological polar surface area (TPSA) is 27.8 Å². The highest BCUT2D eigenvalue weighted by Crippen LogP contribution is 2.39. The van der Waals surface area contributed by atoms with E-state index in [1.807, 2.05) is 0 Å². The summed E-state index contributed by atoms with van der Waals surface area (Å²) in [7, 11) is 0. The summed E-state index contributed by atoms with van der Waals surface area (Å²) in [6, 6.07) is 6.87. The number of hydrogen-bond donors (Lipinski definition) is 2. The molecule has 2 heteroatoms. The Morgan fingerprint density at radius 2 is 2.14 bits per heavy atom. The van der Waals surface area contributed by atoms with Gasteiger partial charge >= 0.3 is 0 Å². The first-order valence-corrected chi connectivity index (χ1v) is 8.75. The number of aromatic nitrogens is 1. The quantitative estimate of drug-likeness (QED) is 0.750. The molecule has 0 atom stereocenters. The Bertz CT molecular complexity index is 687. The van der Waals surface area contributed by atoms with Crippen LogP contribution in [0.25, 0.3) is 10.9 Å². The fraction of sp³-hybridized carbons (Fsp3) is 0.500. The first-order chi connectivity index (χ1) is 10.7. The average Bonchev–Trinajstić information content (AvgIpc) is 2.82. The Hall–Kier alpha value is -1.70. The van der Waals surface area contributed by atoms with Crippen LogP contribution in [0.3, 0.4) is 0 Å². The zero-order chi connectivity index (χ0) is 15.1. The molecular weight excluding hydrogens is 268 g/mol. The summed E-state index contributed by atoms with van der Waals surface area (Å²) in [5.74, 6) is 2.43. The van der Waals surface area contributed by atoms with Crippen LogP contribution in [0.4, 0.5) is 5.69 Å². The number of aromatic amines is 1. The number of nitrogens with one attached hydrogen (secondary N) is 2. The van der Waals surface area contributed by atoms with Gasteiger partial charge in [-0.15, -0.1) is 0 Å². The maximum absolute atomic E-state index is 4.26. The van der Waals surface area contributed by atoms with Crippen LogP contribution < -0.4 is 5.32 Å². The first kappa shape index (κ1) is 13.9. The molecule has 0 aliphatic heterocycles. The number of hydrogen-bond acceptors (Lipinski definition) is 1. The van der Waals surface area contributed by atoms with E-state index in [0.717, 1.165) is 11.8 Å². The van der Waals surface area contributed by atoms with E-state index < -0.39 is 0 Å². The van der Waals surface area contributed by atoms with Crippen LogP contribution in [-0.2, 0) is 6.42 Å². The van der Waals surface area contributed by atoms with Gasteiger partial charge in [0.05, 0.1) is 5.69 Å². The minimum Gasteiger partial charge on any atom is -0.359 e. The third kappa shape index (κ3) is 2.55. The van der Waals surface area contributed by atoms with Gasteiger partial charge in [0.2, 0.25) is 0 Å². The van der Waals surface area contributed by atoms with Gasteiger partial charge in [0.1, 0.15) is 0 Å². The van der Waals surface area contributed by atoms with Crippen molar-refractivity contribution in [1.29, 1.82) is 0 Å². The normalized spacial score (nSPS) is 24.8. The minimum absolute atomic E-state index is 0.651. The lowest BCUT2D eigenvalue weighted by molar-refractivity contribution is 0.251. The summed E-state index contributed by atoms with van der Waals surface area (Å²) in [5, 5.41) is 4.88. The lowest BCUT2D eigenvalue weighted by Crippen LogP contribution is -2.25. The average molecular weight is 294 g/mol. The summed E-state index contributed by atoms with van der Waals surface area (Å²) in [5.41, 5.74) is 5.07. The van der Waals surface area contributed by atoms with Gasteiger partial charge < -0.3 is 10.3 Å². The first-order valence-electron chi connectivity index (χ1n) is 8.75. The Labute approximate surface area is 133 Å². The standard InChI is InChI=1S/C20H26N2/c1-13-8-17(9-13)14(2)22-20-12-21-19-7-6-16(11-18(19)20)10-15-4-3-5-15/h6-7,11-13,15,17,21-22H,2-5,8-10H2,1H3. The molecule has 2 saturated carbocycles. The second-order valence-electron chi connectivity index (χ2n) is 7.51. The second-order valence-corrected chi connectivity index (χ2v) is 7.51. The van der Waals surface area contributed by atoms with Crippen LogP contribution in [0, 0.1) is 17.8 Å². The molecule has 2 N–H and O–H groups in total. The smallest absolute Gasteiger partial charge is 0.0639 e. The van der Waals surface area contributed by atoms with Crippen molar-refractivity contribution in [3.8, 4) is 0 Å². The van der Waals surface area contributed by atoms with Crippen molar-refractivity contribution in [2.45, 2.75) is 45.4 Å². The number of H-pyrrole nitrogens is 1. The Morgan fingerprint density at radius 1 is 1.32 bits per heavy atom. The summed E-state index contributed by atoms with van der Waals surface area (Å²) >= 11 is 0. The molecule has 0 unspecified atom stereocenters. The van der Waals surface area contributed by atoms with Crippen molar-refractivity contribution in [3.05, 3.63) is 42.2 Å². The van der Waals surface area contributed by atoms with E-state index in [0.29, 0.717) is 5.92 Å². The fourth-order valence-corrected chi connectivity index (χ4v) is 3.89. The monoisotopic (exact) mass is 294 g/mol. The van der Waals surface area contributed by atoms with Gasteiger partial charge in [-0.05, 0) is 54.7 Å². The molecule has 2 aliphatic carbocycles. The van der Waals surface area contributed by atoms with E-state index in [1.165, 1.54) is 66.4 Å². The van der Waals surface area contributed by atoms with Crippen LogP contribution in [0.15, 0.2) is 36.7 Å². The number of allylic oxidation sites excluding steroid dienone is 1. The molecule has 116 valence electrons. The molecule has 0 saturated heterocycles. The summed E-state index contributed by atoms with van der Waals surface area (Å²) in [4.78, 5) is 3.38. The lowest BCUT2D eigenvalue weighted by atomic mass is 9.74. The molecule has 1 heterocycles. The molecule has 0 radical (unpaired) electrons. The van der Waals surface area contributed by atoms with Gasteiger partial charge in [-0.1, -0.05) is 38.8 Å². The van der Waals surface area contributed by atoms with E-state index in [9.17, 15) is 0 Å². The molecule has 2 nitrogen and oxygen atoms in total. The molecule has 2 aromatic rings. The highest BCUT2D eigenvalue weighted by molar-refractivity contribution is 5.93. The third-order valence-electron chi connectivity index (χ3n) is 5.66. The van der Waals surface area contributed by atoms with Gasteiger partial charge in [0.25, 0.3) is 0 Å². The molecule has 4 rings (SSSR count). The van der Waals surface area contributed by atoms with Gasteiger partial charge in [-0.3, -0.25) is 0 Å². The number of benzene rings is 1. The fourth-order valence-electron chi connectivity index (χ4n) is 3.89. The summed E-state index contributed by atoms with van der Waals surface area (Å²) < 4.78 is 0. The zero-order valence-corrected chi connectivity index (χ0v) is 13.5. The maximum atomic E-state index is 4.26. The van der Waals surface area contributed by atoms with Crippen LogP contribution >= 0.6 is 0 Å². The van der Waals surface area contributed by atoms with Gasteiger partial charge in [-0.25, -0.2) is 0 Å². The van der Waals surface area contributed by atoms with E-state index in [-0.39, 0.29) is 0 Å². The van der Waals surface area contributed by atoms with Crippen molar-refractivity contribution in [2.24, 2.45) is 17.8 Å². The predicted molar refractivity (Wildman–Crippen MR) is 94.0 cm³/mol.